The molecule has 2 heterocycles. The molecular weight excluding hydrogens is 322 g/mol. The number of hydrogen-bond acceptors (Lipinski definition) is 4. The highest BCUT2D eigenvalue weighted by molar-refractivity contribution is 9.10. The minimum absolute atomic E-state index is 0.0902. The standard InChI is InChI=1S/C14H14BrN3O2/c15-10-4-9-2-1-3-11(13(9)17-6-10)18-14(5-12(19)20)7-16-8-14/h1-4,6,16,18H,5,7-8H2,(H,19,20). The molecule has 0 unspecified atom stereocenters. The average molecular weight is 336 g/mol. The van der Waals surface area contributed by atoms with Crippen molar-refractivity contribution in [2.75, 3.05) is 18.4 Å². The van der Waals surface area contributed by atoms with Crippen LogP contribution in [0.5, 0.6) is 0 Å². The van der Waals surface area contributed by atoms with E-state index in [0.717, 1.165) is 21.1 Å². The van der Waals surface area contributed by atoms with E-state index < -0.39 is 11.5 Å². The van der Waals surface area contributed by atoms with Gasteiger partial charge in [-0.15, -0.1) is 0 Å². The number of nitrogens with zero attached hydrogens (tertiary/aromatic N) is 1. The van der Waals surface area contributed by atoms with E-state index >= 15 is 0 Å². The number of aliphatic carboxylic acids is 1. The number of carboxylic acids is 1. The van der Waals surface area contributed by atoms with E-state index in [0.29, 0.717) is 13.1 Å². The lowest BCUT2D eigenvalue weighted by Crippen LogP contribution is -2.65. The molecule has 0 spiro atoms. The van der Waals surface area contributed by atoms with Gasteiger partial charge in [0.25, 0.3) is 0 Å². The molecule has 104 valence electrons. The summed E-state index contributed by atoms with van der Waals surface area (Å²) in [6.07, 6.45) is 1.84. The molecule has 6 heteroatoms. The molecule has 2 aromatic rings. The predicted molar refractivity (Wildman–Crippen MR) is 80.9 cm³/mol. The zero-order chi connectivity index (χ0) is 14.2. The molecule has 0 radical (unpaired) electrons. The zero-order valence-corrected chi connectivity index (χ0v) is 12.3. The molecule has 0 amide bonds. The van der Waals surface area contributed by atoms with Crippen LogP contribution in [0, 0.1) is 0 Å². The largest absolute Gasteiger partial charge is 0.481 e. The predicted octanol–water partition coefficient (Wildman–Crippen LogP) is 2.23. The van der Waals surface area contributed by atoms with Gasteiger partial charge in [-0.1, -0.05) is 12.1 Å². The number of para-hydroxylation sites is 1. The number of rotatable bonds is 4. The summed E-state index contributed by atoms with van der Waals surface area (Å²) in [5.74, 6) is -0.796. The van der Waals surface area contributed by atoms with Crippen molar-refractivity contribution in [2.24, 2.45) is 0 Å². The van der Waals surface area contributed by atoms with E-state index in [9.17, 15) is 4.79 Å². The first-order valence-electron chi connectivity index (χ1n) is 6.33. The van der Waals surface area contributed by atoms with E-state index in [4.69, 9.17) is 5.11 Å². The molecule has 1 saturated heterocycles. The molecule has 3 N–H and O–H groups in total. The number of nitrogens with one attached hydrogen (secondary N) is 2. The quantitative estimate of drug-likeness (QED) is 0.798. The normalized spacial score (nSPS) is 16.6. The summed E-state index contributed by atoms with van der Waals surface area (Å²) in [4.78, 5) is 15.4. The van der Waals surface area contributed by atoms with Crippen LogP contribution in [0.3, 0.4) is 0 Å². The van der Waals surface area contributed by atoms with Crippen LogP contribution in [-0.2, 0) is 4.79 Å². The number of fused-ring (bicyclic) bond motifs is 1. The summed E-state index contributed by atoms with van der Waals surface area (Å²) in [5.41, 5.74) is 1.31. The van der Waals surface area contributed by atoms with E-state index in [1.807, 2.05) is 24.3 Å². The van der Waals surface area contributed by atoms with Crippen LogP contribution in [0.1, 0.15) is 6.42 Å². The summed E-state index contributed by atoms with van der Waals surface area (Å²) in [6, 6.07) is 7.86. The Labute approximate surface area is 124 Å². The van der Waals surface area contributed by atoms with Crippen molar-refractivity contribution in [3.63, 3.8) is 0 Å². The molecule has 1 aromatic heterocycles. The smallest absolute Gasteiger partial charge is 0.305 e. The summed E-state index contributed by atoms with van der Waals surface area (Å²) in [5, 5.41) is 16.6. The average Bonchev–Trinajstić information content (AvgIpc) is 2.35. The fraction of sp³-hybridized carbons (Fsp3) is 0.286. The molecule has 1 aliphatic heterocycles. The summed E-state index contributed by atoms with van der Waals surface area (Å²) < 4.78 is 0.924. The summed E-state index contributed by atoms with van der Waals surface area (Å²) >= 11 is 3.41. The fourth-order valence-corrected chi connectivity index (χ4v) is 2.84. The molecule has 20 heavy (non-hydrogen) atoms. The Morgan fingerprint density at radius 2 is 2.30 bits per heavy atom. The van der Waals surface area contributed by atoms with Crippen LogP contribution >= 0.6 is 15.9 Å². The number of carboxylic acid groups (broad SMARTS) is 1. The second-order valence-corrected chi connectivity index (χ2v) is 6.03. The van der Waals surface area contributed by atoms with Gasteiger partial charge in [0.15, 0.2) is 0 Å². The van der Waals surface area contributed by atoms with Crippen LogP contribution in [0.4, 0.5) is 5.69 Å². The van der Waals surface area contributed by atoms with Crippen molar-refractivity contribution in [2.45, 2.75) is 12.0 Å². The topological polar surface area (TPSA) is 74.2 Å². The second kappa shape index (κ2) is 5.03. The molecule has 3 rings (SSSR count). The van der Waals surface area contributed by atoms with Gasteiger partial charge in [0, 0.05) is 29.1 Å². The Bertz CT molecular complexity index is 671. The number of anilines is 1. The molecular formula is C14H14BrN3O2. The lowest BCUT2D eigenvalue weighted by molar-refractivity contribution is -0.138. The Morgan fingerprint density at radius 3 is 2.95 bits per heavy atom. The van der Waals surface area contributed by atoms with E-state index in [1.54, 1.807) is 6.20 Å². The van der Waals surface area contributed by atoms with Crippen molar-refractivity contribution in [1.29, 1.82) is 0 Å². The first kappa shape index (κ1) is 13.3. The van der Waals surface area contributed by atoms with Crippen LogP contribution in [0.15, 0.2) is 34.9 Å². The van der Waals surface area contributed by atoms with Crippen LogP contribution in [-0.4, -0.2) is 34.7 Å². The lowest BCUT2D eigenvalue weighted by atomic mass is 9.88. The number of benzene rings is 1. The van der Waals surface area contributed by atoms with Gasteiger partial charge in [0.05, 0.1) is 23.2 Å². The number of hydrogen-bond donors (Lipinski definition) is 3. The Kier molecular flexibility index (Phi) is 3.35. The van der Waals surface area contributed by atoms with Crippen molar-refractivity contribution in [1.82, 2.24) is 10.3 Å². The Hall–Kier alpha value is -1.66. The molecule has 1 fully saturated rings. The monoisotopic (exact) mass is 335 g/mol. The second-order valence-electron chi connectivity index (χ2n) is 5.11. The van der Waals surface area contributed by atoms with E-state index in [-0.39, 0.29) is 6.42 Å². The van der Waals surface area contributed by atoms with Gasteiger partial charge in [-0.3, -0.25) is 9.78 Å². The SMILES string of the molecule is O=C(O)CC1(Nc2cccc3cc(Br)cnc23)CNC1. The van der Waals surface area contributed by atoms with Crippen molar-refractivity contribution < 1.29 is 9.90 Å². The fourth-order valence-electron chi connectivity index (χ4n) is 2.49. The Morgan fingerprint density at radius 1 is 1.50 bits per heavy atom. The Balaban J connectivity index is 1.96. The number of pyridine rings is 1. The van der Waals surface area contributed by atoms with Crippen molar-refractivity contribution in [3.8, 4) is 0 Å². The maximum absolute atomic E-state index is 11.0. The number of halogens is 1. The molecule has 0 bridgehead atoms. The minimum atomic E-state index is -0.796. The molecule has 5 nitrogen and oxygen atoms in total. The highest BCUT2D eigenvalue weighted by atomic mass is 79.9. The van der Waals surface area contributed by atoms with E-state index in [2.05, 4.69) is 31.5 Å². The van der Waals surface area contributed by atoms with Gasteiger partial charge in [0.2, 0.25) is 0 Å². The van der Waals surface area contributed by atoms with Gasteiger partial charge < -0.3 is 15.7 Å². The molecule has 1 aromatic carbocycles. The van der Waals surface area contributed by atoms with Gasteiger partial charge in [0.1, 0.15) is 0 Å². The summed E-state index contributed by atoms with van der Waals surface area (Å²) in [6.45, 7) is 1.29. The summed E-state index contributed by atoms with van der Waals surface area (Å²) in [7, 11) is 0. The maximum Gasteiger partial charge on any atom is 0.305 e. The molecule has 0 atom stereocenters. The third kappa shape index (κ3) is 2.48. The first-order chi connectivity index (χ1) is 9.58. The zero-order valence-electron chi connectivity index (χ0n) is 10.7. The van der Waals surface area contributed by atoms with Gasteiger partial charge in [-0.25, -0.2) is 0 Å². The van der Waals surface area contributed by atoms with Gasteiger partial charge in [-0.05, 0) is 28.1 Å². The first-order valence-corrected chi connectivity index (χ1v) is 7.12. The van der Waals surface area contributed by atoms with E-state index in [1.165, 1.54) is 0 Å². The van der Waals surface area contributed by atoms with Crippen LogP contribution in [0.25, 0.3) is 10.9 Å². The number of aromatic nitrogens is 1. The molecule has 1 aliphatic rings. The maximum atomic E-state index is 11.0. The lowest BCUT2D eigenvalue weighted by Gasteiger charge is -2.43. The molecule has 0 aliphatic carbocycles. The van der Waals surface area contributed by atoms with Crippen LogP contribution < -0.4 is 10.6 Å². The third-order valence-electron chi connectivity index (χ3n) is 3.49. The highest BCUT2D eigenvalue weighted by Gasteiger charge is 2.39. The van der Waals surface area contributed by atoms with Gasteiger partial charge >= 0.3 is 5.97 Å². The van der Waals surface area contributed by atoms with Crippen LogP contribution in [0.2, 0.25) is 0 Å². The molecule has 0 saturated carbocycles. The minimum Gasteiger partial charge on any atom is -0.481 e. The van der Waals surface area contributed by atoms with Crippen molar-refractivity contribution >= 4 is 38.5 Å². The third-order valence-corrected chi connectivity index (χ3v) is 3.93. The van der Waals surface area contributed by atoms with Gasteiger partial charge in [-0.2, -0.15) is 0 Å². The number of carbonyl (C=O) groups is 1. The van der Waals surface area contributed by atoms with Crippen molar-refractivity contribution in [3.05, 3.63) is 34.9 Å². The highest BCUT2D eigenvalue weighted by Crippen LogP contribution is 2.29.